The van der Waals surface area contributed by atoms with Crippen molar-refractivity contribution in [1.29, 1.82) is 0 Å². The Labute approximate surface area is 133 Å². The number of carbonyl (C=O) groups is 1. The van der Waals surface area contributed by atoms with E-state index in [0.717, 1.165) is 55.7 Å². The number of halogens is 1. The van der Waals surface area contributed by atoms with Gasteiger partial charge in [-0.1, -0.05) is 15.9 Å². The number of fused-ring (bicyclic) bond motifs is 1. The van der Waals surface area contributed by atoms with E-state index in [9.17, 15) is 4.79 Å². The maximum absolute atomic E-state index is 11.6. The molecule has 3 rings (SSSR count). The Kier molecular flexibility index (Phi) is 4.50. The minimum Gasteiger partial charge on any atom is -0.493 e. The molecule has 0 radical (unpaired) electrons. The van der Waals surface area contributed by atoms with Gasteiger partial charge in [-0.2, -0.15) is 0 Å². The van der Waals surface area contributed by atoms with Crippen molar-refractivity contribution in [3.05, 3.63) is 27.7 Å². The Morgan fingerprint density at radius 3 is 2.90 bits per heavy atom. The van der Waals surface area contributed by atoms with Gasteiger partial charge >= 0.3 is 5.97 Å². The fourth-order valence-corrected chi connectivity index (χ4v) is 3.75. The zero-order valence-electron chi connectivity index (χ0n) is 12.2. The molecule has 2 aliphatic rings. The topological polar surface area (TPSA) is 38.8 Å². The predicted molar refractivity (Wildman–Crippen MR) is 83.4 cm³/mol. The lowest BCUT2D eigenvalue weighted by molar-refractivity contribution is -0.147. The third-order valence-corrected chi connectivity index (χ3v) is 4.80. The third kappa shape index (κ3) is 3.24. The van der Waals surface area contributed by atoms with E-state index in [2.05, 4.69) is 33.0 Å². The maximum Gasteiger partial charge on any atom is 0.308 e. The van der Waals surface area contributed by atoms with Crippen molar-refractivity contribution in [2.75, 3.05) is 26.8 Å². The van der Waals surface area contributed by atoms with E-state index in [0.29, 0.717) is 0 Å². The van der Waals surface area contributed by atoms with Crippen LogP contribution in [0.2, 0.25) is 0 Å². The van der Waals surface area contributed by atoms with Gasteiger partial charge in [0.1, 0.15) is 5.75 Å². The van der Waals surface area contributed by atoms with Crippen LogP contribution >= 0.6 is 15.9 Å². The molecule has 114 valence electrons. The summed E-state index contributed by atoms with van der Waals surface area (Å²) in [6.45, 7) is 3.53. The Bertz CT molecular complexity index is 539. The zero-order valence-corrected chi connectivity index (χ0v) is 13.8. The smallest absolute Gasteiger partial charge is 0.308 e. The summed E-state index contributed by atoms with van der Waals surface area (Å²) >= 11 is 3.58. The average molecular weight is 354 g/mol. The normalized spacial score (nSPS) is 19.1. The van der Waals surface area contributed by atoms with Crippen molar-refractivity contribution in [3.63, 3.8) is 0 Å². The second-order valence-electron chi connectivity index (χ2n) is 5.73. The summed E-state index contributed by atoms with van der Waals surface area (Å²) in [5.41, 5.74) is 2.54. The first kappa shape index (κ1) is 14.9. The lowest BCUT2D eigenvalue weighted by Gasteiger charge is -2.31. The van der Waals surface area contributed by atoms with Gasteiger partial charge in [-0.15, -0.1) is 0 Å². The molecule has 0 spiro atoms. The van der Waals surface area contributed by atoms with E-state index in [1.807, 2.05) is 0 Å². The summed E-state index contributed by atoms with van der Waals surface area (Å²) in [4.78, 5) is 14.0. The van der Waals surface area contributed by atoms with E-state index in [4.69, 9.17) is 9.47 Å². The molecule has 2 heterocycles. The predicted octanol–water partition coefficient (Wildman–Crippen LogP) is 2.77. The molecule has 4 nitrogen and oxygen atoms in total. The standard InChI is InChI=1S/C16H20BrNO3/c1-20-16(19)11-2-5-18(6-3-11)10-13-9-14(17)8-12-4-7-21-15(12)13/h8-9,11H,2-7,10H2,1H3. The number of esters is 1. The van der Waals surface area contributed by atoms with Crippen molar-refractivity contribution in [2.24, 2.45) is 5.92 Å². The van der Waals surface area contributed by atoms with Gasteiger partial charge in [-0.3, -0.25) is 9.69 Å². The highest BCUT2D eigenvalue weighted by Crippen LogP contribution is 2.34. The van der Waals surface area contributed by atoms with E-state index in [1.165, 1.54) is 18.2 Å². The van der Waals surface area contributed by atoms with Crippen molar-refractivity contribution in [2.45, 2.75) is 25.8 Å². The zero-order chi connectivity index (χ0) is 14.8. The Balaban J connectivity index is 1.65. The quantitative estimate of drug-likeness (QED) is 0.783. The third-order valence-electron chi connectivity index (χ3n) is 4.34. The number of ether oxygens (including phenoxy) is 2. The maximum atomic E-state index is 11.6. The van der Waals surface area contributed by atoms with E-state index in [-0.39, 0.29) is 11.9 Å². The van der Waals surface area contributed by atoms with Crippen molar-refractivity contribution < 1.29 is 14.3 Å². The average Bonchev–Trinajstić information content (AvgIpc) is 2.95. The number of nitrogens with zero attached hydrogens (tertiary/aromatic N) is 1. The van der Waals surface area contributed by atoms with Crippen LogP contribution in [0.4, 0.5) is 0 Å². The fraction of sp³-hybridized carbons (Fsp3) is 0.562. The Morgan fingerprint density at radius 2 is 2.19 bits per heavy atom. The number of carbonyl (C=O) groups excluding carboxylic acids is 1. The molecule has 0 aromatic heterocycles. The lowest BCUT2D eigenvalue weighted by Crippen LogP contribution is -2.36. The minimum absolute atomic E-state index is 0.0655. The van der Waals surface area contributed by atoms with Gasteiger partial charge in [-0.25, -0.2) is 0 Å². The highest BCUT2D eigenvalue weighted by atomic mass is 79.9. The minimum atomic E-state index is -0.0682. The number of hydrogen-bond donors (Lipinski definition) is 0. The first-order valence-corrected chi connectivity index (χ1v) is 8.21. The number of methoxy groups -OCH3 is 1. The number of likely N-dealkylation sites (tertiary alicyclic amines) is 1. The molecule has 5 heteroatoms. The van der Waals surface area contributed by atoms with Crippen LogP contribution in [0.3, 0.4) is 0 Å². The molecule has 2 aliphatic heterocycles. The second kappa shape index (κ2) is 6.36. The summed E-state index contributed by atoms with van der Waals surface area (Å²) < 4.78 is 11.7. The van der Waals surface area contributed by atoms with Gasteiger partial charge in [0, 0.05) is 23.0 Å². The van der Waals surface area contributed by atoms with Crippen LogP contribution in [-0.4, -0.2) is 37.7 Å². The summed E-state index contributed by atoms with van der Waals surface area (Å²) in [6, 6.07) is 4.30. The summed E-state index contributed by atoms with van der Waals surface area (Å²) in [6.07, 6.45) is 2.75. The lowest BCUT2D eigenvalue weighted by atomic mass is 9.96. The second-order valence-corrected chi connectivity index (χ2v) is 6.64. The van der Waals surface area contributed by atoms with E-state index >= 15 is 0 Å². The molecular weight excluding hydrogens is 334 g/mol. The van der Waals surface area contributed by atoms with Gasteiger partial charge in [0.15, 0.2) is 0 Å². The molecule has 21 heavy (non-hydrogen) atoms. The van der Waals surface area contributed by atoms with Gasteiger partial charge in [-0.05, 0) is 43.6 Å². The monoisotopic (exact) mass is 353 g/mol. The van der Waals surface area contributed by atoms with Gasteiger partial charge in [0.2, 0.25) is 0 Å². The molecule has 0 atom stereocenters. The SMILES string of the molecule is COC(=O)C1CCN(Cc2cc(Br)cc3c2OCC3)CC1. The van der Waals surface area contributed by atoms with Gasteiger partial charge < -0.3 is 9.47 Å². The van der Waals surface area contributed by atoms with Crippen LogP contribution in [0, 0.1) is 5.92 Å². The van der Waals surface area contributed by atoms with Crippen LogP contribution in [0.25, 0.3) is 0 Å². The number of piperidine rings is 1. The van der Waals surface area contributed by atoms with E-state index < -0.39 is 0 Å². The molecule has 0 unspecified atom stereocenters. The highest BCUT2D eigenvalue weighted by molar-refractivity contribution is 9.10. The summed E-state index contributed by atoms with van der Waals surface area (Å²) in [5, 5.41) is 0. The van der Waals surface area contributed by atoms with Crippen LogP contribution in [0.15, 0.2) is 16.6 Å². The van der Waals surface area contributed by atoms with Crippen LogP contribution in [0.5, 0.6) is 5.75 Å². The van der Waals surface area contributed by atoms with Crippen LogP contribution in [-0.2, 0) is 22.5 Å². The molecule has 1 aromatic rings. The van der Waals surface area contributed by atoms with Crippen molar-refractivity contribution in [3.8, 4) is 5.75 Å². The molecular formula is C16H20BrNO3. The van der Waals surface area contributed by atoms with Crippen LogP contribution in [0.1, 0.15) is 24.0 Å². The fourth-order valence-electron chi connectivity index (χ4n) is 3.20. The largest absolute Gasteiger partial charge is 0.493 e. The molecule has 1 saturated heterocycles. The van der Waals surface area contributed by atoms with Gasteiger partial charge in [0.05, 0.1) is 19.6 Å². The van der Waals surface area contributed by atoms with E-state index in [1.54, 1.807) is 0 Å². The number of rotatable bonds is 3. The number of benzene rings is 1. The molecule has 0 saturated carbocycles. The van der Waals surface area contributed by atoms with Gasteiger partial charge in [0.25, 0.3) is 0 Å². The molecule has 0 amide bonds. The molecule has 1 fully saturated rings. The first-order chi connectivity index (χ1) is 10.2. The Morgan fingerprint density at radius 1 is 1.43 bits per heavy atom. The molecule has 0 aliphatic carbocycles. The highest BCUT2D eigenvalue weighted by Gasteiger charge is 2.26. The molecule has 0 bridgehead atoms. The van der Waals surface area contributed by atoms with Crippen molar-refractivity contribution >= 4 is 21.9 Å². The number of hydrogen-bond acceptors (Lipinski definition) is 4. The Hall–Kier alpha value is -1.07. The summed E-state index contributed by atoms with van der Waals surface area (Å²) in [5.74, 6) is 1.06. The summed E-state index contributed by atoms with van der Waals surface area (Å²) in [7, 11) is 1.47. The van der Waals surface area contributed by atoms with Crippen molar-refractivity contribution in [1.82, 2.24) is 4.90 Å². The first-order valence-electron chi connectivity index (χ1n) is 7.41. The molecule has 0 N–H and O–H groups in total. The van der Waals surface area contributed by atoms with Crippen LogP contribution < -0.4 is 4.74 Å². The molecule has 1 aromatic carbocycles.